The van der Waals surface area contributed by atoms with Crippen LogP contribution in [0.3, 0.4) is 0 Å². The van der Waals surface area contributed by atoms with Crippen LogP contribution in [0.1, 0.15) is 24.1 Å². The summed E-state index contributed by atoms with van der Waals surface area (Å²) in [6.45, 7) is 0. The van der Waals surface area contributed by atoms with Crippen LogP contribution in [0.25, 0.3) is 22.2 Å². The van der Waals surface area contributed by atoms with Gasteiger partial charge >= 0.3 is 24.3 Å². The number of fused-ring (bicyclic) bond motifs is 1. The number of urea groups is 1. The summed E-state index contributed by atoms with van der Waals surface area (Å²) in [5, 5.41) is 9.72. The standard InChI is InChI=1S/C26H22F3N7O4/c1-36-21-19(20(30)35-36)17(12-18(34-21)25(9-10-25)22(37)40-23(31)38)13-5-7-15(8-6-13)32-24(39)33-16-4-2-3-14(11-16)26(27,28)29/h2-8,11-12H,9-10H2,1H3,(H2,30,35)(H2,31,38)(H2,32,33,39). The second kappa shape index (κ2) is 9.55. The maximum Gasteiger partial charge on any atom is 0.416 e. The SMILES string of the molecule is Cn1nc(N)c2c(-c3ccc(NC(=O)Nc4cccc(C(F)(F)F)c4)cc3)cc(C3(C(=O)OC(N)=O)CC3)nc21. The molecule has 2 aromatic heterocycles. The van der Waals surface area contributed by atoms with Gasteiger partial charge in [-0.1, -0.05) is 18.2 Å². The van der Waals surface area contributed by atoms with Crippen molar-refractivity contribution in [3.8, 4) is 11.1 Å². The van der Waals surface area contributed by atoms with Crippen molar-refractivity contribution in [2.24, 2.45) is 12.8 Å². The van der Waals surface area contributed by atoms with Crippen LogP contribution in [0, 0.1) is 0 Å². The first-order chi connectivity index (χ1) is 18.9. The van der Waals surface area contributed by atoms with Crippen LogP contribution in [0.15, 0.2) is 54.6 Å². The van der Waals surface area contributed by atoms with Gasteiger partial charge in [-0.3, -0.25) is 4.79 Å². The molecule has 2 heterocycles. The van der Waals surface area contributed by atoms with Gasteiger partial charge in [0.25, 0.3) is 0 Å². The van der Waals surface area contributed by atoms with Crippen molar-refractivity contribution in [1.29, 1.82) is 0 Å². The van der Waals surface area contributed by atoms with Gasteiger partial charge in [-0.15, -0.1) is 0 Å². The van der Waals surface area contributed by atoms with E-state index in [-0.39, 0.29) is 11.5 Å². The molecule has 0 aliphatic heterocycles. The summed E-state index contributed by atoms with van der Waals surface area (Å²) in [6.07, 6.45) is -4.92. The van der Waals surface area contributed by atoms with E-state index < -0.39 is 35.2 Å². The highest BCUT2D eigenvalue weighted by molar-refractivity contribution is 6.03. The lowest BCUT2D eigenvalue weighted by atomic mass is 9.95. The number of carbonyl (C=O) groups excluding carboxylic acids is 3. The summed E-state index contributed by atoms with van der Waals surface area (Å²) in [6, 6.07) is 11.8. The molecule has 1 aliphatic carbocycles. The third kappa shape index (κ3) is 4.98. The molecule has 3 amide bonds. The number of hydrogen-bond acceptors (Lipinski definition) is 7. The summed E-state index contributed by atoms with van der Waals surface area (Å²) in [4.78, 5) is 40.8. The maximum absolute atomic E-state index is 13.0. The molecular weight excluding hydrogens is 531 g/mol. The van der Waals surface area contributed by atoms with E-state index in [2.05, 4.69) is 25.5 Å². The van der Waals surface area contributed by atoms with E-state index in [1.165, 1.54) is 16.8 Å². The fourth-order valence-corrected chi connectivity index (χ4v) is 4.43. The molecule has 14 heteroatoms. The molecule has 0 radical (unpaired) electrons. The first kappa shape index (κ1) is 26.5. The van der Waals surface area contributed by atoms with E-state index in [0.29, 0.717) is 46.4 Å². The summed E-state index contributed by atoms with van der Waals surface area (Å²) in [7, 11) is 1.65. The number of anilines is 3. The highest BCUT2D eigenvalue weighted by atomic mass is 19.4. The second-order valence-electron chi connectivity index (χ2n) is 9.29. The molecule has 40 heavy (non-hydrogen) atoms. The van der Waals surface area contributed by atoms with Crippen LogP contribution in [0.2, 0.25) is 0 Å². The van der Waals surface area contributed by atoms with E-state index in [4.69, 9.17) is 11.5 Å². The maximum atomic E-state index is 13.0. The normalized spacial score (nSPS) is 14.0. The average molecular weight is 554 g/mol. The van der Waals surface area contributed by atoms with Crippen LogP contribution in [0.5, 0.6) is 0 Å². The molecule has 4 aromatic rings. The highest BCUT2D eigenvalue weighted by Gasteiger charge is 2.55. The number of aryl methyl sites for hydroxylation is 1. The topological polar surface area (TPSA) is 167 Å². The van der Waals surface area contributed by atoms with Crippen molar-refractivity contribution < 1.29 is 32.3 Å². The van der Waals surface area contributed by atoms with Crippen molar-refractivity contribution >= 4 is 46.3 Å². The minimum absolute atomic E-state index is 0.0217. The monoisotopic (exact) mass is 553 g/mol. The molecule has 1 fully saturated rings. The van der Waals surface area contributed by atoms with E-state index in [0.717, 1.165) is 12.1 Å². The molecule has 0 atom stereocenters. The third-order valence-corrected chi connectivity index (χ3v) is 6.55. The molecule has 1 aliphatic rings. The minimum atomic E-state index is -4.54. The first-order valence-electron chi connectivity index (χ1n) is 11.9. The molecule has 0 spiro atoms. The number of benzene rings is 2. The number of alkyl halides is 3. The molecule has 1 saturated carbocycles. The Morgan fingerprint density at radius 3 is 2.33 bits per heavy atom. The van der Waals surface area contributed by atoms with Crippen molar-refractivity contribution in [3.05, 3.63) is 65.9 Å². The molecule has 0 unspecified atom stereocenters. The van der Waals surface area contributed by atoms with Crippen LogP contribution < -0.4 is 22.1 Å². The number of nitrogens with zero attached hydrogens (tertiary/aromatic N) is 3. The Labute approximate surface area is 224 Å². The van der Waals surface area contributed by atoms with Gasteiger partial charge in [0.1, 0.15) is 5.41 Å². The lowest BCUT2D eigenvalue weighted by molar-refractivity contribution is -0.140. The van der Waals surface area contributed by atoms with E-state index >= 15 is 0 Å². The Hall–Kier alpha value is -5.14. The number of nitrogens with one attached hydrogen (secondary N) is 2. The number of esters is 1. The predicted octanol–water partition coefficient (Wildman–Crippen LogP) is 4.53. The number of aromatic nitrogens is 3. The van der Waals surface area contributed by atoms with Gasteiger partial charge in [0.15, 0.2) is 11.5 Å². The number of pyridine rings is 1. The second-order valence-corrected chi connectivity index (χ2v) is 9.29. The Bertz CT molecular complexity index is 1660. The molecule has 6 N–H and O–H groups in total. The van der Waals surface area contributed by atoms with Crippen molar-refractivity contribution in [2.45, 2.75) is 24.4 Å². The number of carbonyl (C=O) groups is 3. The Morgan fingerprint density at radius 2 is 1.70 bits per heavy atom. The number of ether oxygens (including phenoxy) is 1. The quantitative estimate of drug-likeness (QED) is 0.208. The van der Waals surface area contributed by atoms with Gasteiger partial charge in [0.2, 0.25) is 0 Å². The summed E-state index contributed by atoms with van der Waals surface area (Å²) in [5.74, 6) is -0.585. The molecule has 2 aromatic carbocycles. The van der Waals surface area contributed by atoms with Gasteiger partial charge in [-0.25, -0.2) is 19.3 Å². The van der Waals surface area contributed by atoms with E-state index in [9.17, 15) is 27.6 Å². The van der Waals surface area contributed by atoms with Gasteiger partial charge in [0.05, 0.1) is 16.6 Å². The molecule has 11 nitrogen and oxygen atoms in total. The predicted molar refractivity (Wildman–Crippen MR) is 139 cm³/mol. The zero-order chi connectivity index (χ0) is 28.8. The van der Waals surface area contributed by atoms with Crippen LogP contribution in [-0.2, 0) is 28.2 Å². The number of nitrogens with two attached hydrogens (primary N) is 2. The average Bonchev–Trinajstić information content (AvgIpc) is 3.65. The molecular formula is C26H22F3N7O4. The fraction of sp³-hybridized carbons (Fsp3) is 0.192. The molecule has 0 bridgehead atoms. The van der Waals surface area contributed by atoms with Crippen LogP contribution in [0.4, 0.5) is 40.0 Å². The largest absolute Gasteiger partial charge is 0.416 e. The number of amides is 3. The van der Waals surface area contributed by atoms with Gasteiger partial charge in [0, 0.05) is 18.4 Å². The van der Waals surface area contributed by atoms with E-state index in [1.807, 2.05) is 0 Å². The van der Waals surface area contributed by atoms with Gasteiger partial charge in [-0.2, -0.15) is 18.3 Å². The van der Waals surface area contributed by atoms with Gasteiger partial charge in [-0.05, 0) is 60.4 Å². The number of nitrogen functional groups attached to an aromatic ring is 1. The zero-order valence-corrected chi connectivity index (χ0v) is 20.9. The smallest absolute Gasteiger partial charge is 0.382 e. The van der Waals surface area contributed by atoms with Crippen LogP contribution >= 0.6 is 0 Å². The first-order valence-corrected chi connectivity index (χ1v) is 11.9. The Morgan fingerprint density at radius 1 is 1.02 bits per heavy atom. The van der Waals surface area contributed by atoms with Crippen molar-refractivity contribution in [3.63, 3.8) is 0 Å². The van der Waals surface area contributed by atoms with Crippen molar-refractivity contribution in [2.75, 3.05) is 16.4 Å². The van der Waals surface area contributed by atoms with E-state index in [1.54, 1.807) is 37.4 Å². The summed E-state index contributed by atoms with van der Waals surface area (Å²) >= 11 is 0. The number of rotatable bonds is 5. The lowest BCUT2D eigenvalue weighted by Crippen LogP contribution is -2.29. The summed E-state index contributed by atoms with van der Waals surface area (Å²) in [5.41, 5.74) is 11.6. The fourth-order valence-electron chi connectivity index (χ4n) is 4.43. The van der Waals surface area contributed by atoms with Gasteiger partial charge < -0.3 is 26.8 Å². The highest BCUT2D eigenvalue weighted by Crippen LogP contribution is 2.50. The molecule has 0 saturated heterocycles. The molecule has 5 rings (SSSR count). The number of halogens is 3. The van der Waals surface area contributed by atoms with Crippen molar-refractivity contribution in [1.82, 2.24) is 14.8 Å². The lowest BCUT2D eigenvalue weighted by Gasteiger charge is -2.15. The minimum Gasteiger partial charge on any atom is -0.382 e. The number of primary amides is 1. The van der Waals surface area contributed by atoms with Crippen LogP contribution in [-0.4, -0.2) is 32.9 Å². The zero-order valence-electron chi connectivity index (χ0n) is 20.9. The third-order valence-electron chi connectivity index (χ3n) is 6.55. The summed E-state index contributed by atoms with van der Waals surface area (Å²) < 4.78 is 45.0. The number of hydrogen-bond donors (Lipinski definition) is 4. The Kier molecular flexibility index (Phi) is 6.32. The Balaban J connectivity index is 1.42. The molecule has 206 valence electrons.